The van der Waals surface area contributed by atoms with Crippen molar-refractivity contribution < 1.29 is 28.1 Å². The number of hydrogen-bond donors (Lipinski definition) is 1. The molecule has 0 unspecified atom stereocenters. The predicted octanol–water partition coefficient (Wildman–Crippen LogP) is 3.14. The molecule has 0 atom stereocenters. The van der Waals surface area contributed by atoms with Crippen LogP contribution < -0.4 is 10.2 Å². The van der Waals surface area contributed by atoms with Gasteiger partial charge in [0.25, 0.3) is 0 Å². The monoisotopic (exact) mass is 385 g/mol. The van der Waals surface area contributed by atoms with Crippen LogP contribution in [0.15, 0.2) is 24.3 Å². The fourth-order valence-corrected chi connectivity index (χ4v) is 3.31. The van der Waals surface area contributed by atoms with Crippen molar-refractivity contribution in [3.8, 4) is 5.75 Å². The molecule has 147 valence electrons. The highest BCUT2D eigenvalue weighted by molar-refractivity contribution is 7.53. The van der Waals surface area contributed by atoms with Gasteiger partial charge in [0.05, 0.1) is 37.2 Å². The molecule has 0 fully saturated rings. The minimum absolute atomic E-state index is 0.185. The van der Waals surface area contributed by atoms with Gasteiger partial charge in [-0.05, 0) is 59.1 Å². The third-order valence-corrected chi connectivity index (χ3v) is 6.14. The summed E-state index contributed by atoms with van der Waals surface area (Å²) in [4.78, 5) is 0. The molecule has 1 rings (SSSR count). The number of rotatable bonds is 12. The van der Waals surface area contributed by atoms with Gasteiger partial charge in [-0.2, -0.15) is 0 Å². The second kappa shape index (κ2) is 9.91. The summed E-state index contributed by atoms with van der Waals surface area (Å²) < 4.78 is 34.3. The van der Waals surface area contributed by atoms with Crippen molar-refractivity contribution in [2.45, 2.75) is 52.7 Å². The fourth-order valence-electron chi connectivity index (χ4n) is 1.87. The standard InChI is InChI=1S/C18H31BO6P/c1-7-23-26(21,24-8-2)13-12-22-16-11-9-10-15(14-16)19-25-18(5,6)17(3,4)20/h9-11,14,20H,7-8,12-13H2,1-6H3. The summed E-state index contributed by atoms with van der Waals surface area (Å²) in [6, 6.07) is 7.34. The number of aliphatic hydroxyl groups is 1. The zero-order valence-corrected chi connectivity index (χ0v) is 17.5. The predicted molar refractivity (Wildman–Crippen MR) is 105 cm³/mol. The van der Waals surface area contributed by atoms with Crippen molar-refractivity contribution in [3.05, 3.63) is 24.3 Å². The van der Waals surface area contributed by atoms with Gasteiger partial charge in [0.2, 0.25) is 0 Å². The molecule has 0 heterocycles. The summed E-state index contributed by atoms with van der Waals surface area (Å²) in [5.41, 5.74) is -0.930. The molecule has 8 heteroatoms. The van der Waals surface area contributed by atoms with E-state index >= 15 is 0 Å². The molecule has 6 nitrogen and oxygen atoms in total. The van der Waals surface area contributed by atoms with Crippen molar-refractivity contribution in [3.63, 3.8) is 0 Å². The van der Waals surface area contributed by atoms with Crippen LogP contribution in [0.2, 0.25) is 0 Å². The largest absolute Gasteiger partial charge is 0.493 e. The second-order valence-electron chi connectivity index (χ2n) is 6.90. The molecule has 0 aliphatic carbocycles. The highest BCUT2D eigenvalue weighted by Crippen LogP contribution is 2.47. The summed E-state index contributed by atoms with van der Waals surface area (Å²) in [7, 11) is -1.51. The van der Waals surface area contributed by atoms with Crippen molar-refractivity contribution in [2.24, 2.45) is 0 Å². The first-order valence-electron chi connectivity index (χ1n) is 8.87. The topological polar surface area (TPSA) is 74.2 Å². The van der Waals surface area contributed by atoms with E-state index in [9.17, 15) is 9.67 Å². The number of hydrogen-bond acceptors (Lipinski definition) is 6. The maximum atomic E-state index is 12.4. The molecule has 26 heavy (non-hydrogen) atoms. The van der Waals surface area contributed by atoms with E-state index in [2.05, 4.69) is 0 Å². The van der Waals surface area contributed by atoms with Crippen LogP contribution in [-0.4, -0.2) is 49.8 Å². The van der Waals surface area contributed by atoms with Gasteiger partial charge in [-0.1, -0.05) is 12.1 Å². The van der Waals surface area contributed by atoms with Gasteiger partial charge in [-0.25, -0.2) is 0 Å². The van der Waals surface area contributed by atoms with Crippen LogP contribution in [-0.2, 0) is 18.3 Å². The van der Waals surface area contributed by atoms with Crippen LogP contribution in [0, 0.1) is 0 Å². The van der Waals surface area contributed by atoms with E-state index in [1.165, 1.54) is 0 Å². The molecule has 0 amide bonds. The fraction of sp³-hybridized carbons (Fsp3) is 0.667. The van der Waals surface area contributed by atoms with Crippen molar-refractivity contribution in [2.75, 3.05) is 26.0 Å². The Balaban J connectivity index is 2.61. The van der Waals surface area contributed by atoms with Crippen molar-refractivity contribution >= 4 is 20.5 Å². The quantitative estimate of drug-likeness (QED) is 0.440. The Morgan fingerprint density at radius 3 is 2.27 bits per heavy atom. The second-order valence-corrected chi connectivity index (χ2v) is 9.08. The van der Waals surface area contributed by atoms with Gasteiger partial charge in [0, 0.05) is 0 Å². The molecule has 1 N–H and O–H groups in total. The van der Waals surface area contributed by atoms with E-state index in [-0.39, 0.29) is 12.8 Å². The van der Waals surface area contributed by atoms with Gasteiger partial charge in [0.1, 0.15) is 5.75 Å². The highest BCUT2D eigenvalue weighted by Gasteiger charge is 2.35. The molecule has 0 spiro atoms. The van der Waals surface area contributed by atoms with Crippen LogP contribution >= 0.6 is 7.60 Å². The maximum absolute atomic E-state index is 12.4. The van der Waals surface area contributed by atoms with Crippen LogP contribution in [0.1, 0.15) is 41.5 Å². The normalized spacial score (nSPS) is 12.9. The molecule has 0 bridgehead atoms. The minimum atomic E-state index is -3.11. The lowest BCUT2D eigenvalue weighted by molar-refractivity contribution is -0.0893. The minimum Gasteiger partial charge on any atom is -0.493 e. The van der Waals surface area contributed by atoms with E-state index < -0.39 is 18.8 Å². The summed E-state index contributed by atoms with van der Waals surface area (Å²) in [5, 5.41) is 10.1. The Morgan fingerprint density at radius 2 is 1.73 bits per heavy atom. The summed E-state index contributed by atoms with van der Waals surface area (Å²) >= 11 is 0. The molecule has 0 aliphatic heterocycles. The average molecular weight is 385 g/mol. The first kappa shape index (κ1) is 23.2. The van der Waals surface area contributed by atoms with Gasteiger partial charge in [-0.3, -0.25) is 4.57 Å². The zero-order chi connectivity index (χ0) is 19.8. The molecular weight excluding hydrogens is 354 g/mol. The SMILES string of the molecule is CCOP(=O)(CCOc1cccc([B]OC(C)(C)C(C)(C)O)c1)OCC. The highest BCUT2D eigenvalue weighted by atomic mass is 31.2. The Labute approximate surface area is 158 Å². The zero-order valence-electron chi connectivity index (χ0n) is 16.7. The van der Waals surface area contributed by atoms with E-state index in [0.717, 1.165) is 5.46 Å². The first-order chi connectivity index (χ1) is 12.0. The van der Waals surface area contributed by atoms with E-state index in [0.29, 0.717) is 19.0 Å². The molecule has 0 saturated heterocycles. The van der Waals surface area contributed by atoms with E-state index in [4.69, 9.17) is 18.4 Å². The smallest absolute Gasteiger partial charge is 0.334 e. The molecule has 1 radical (unpaired) electrons. The number of ether oxygens (including phenoxy) is 1. The van der Waals surface area contributed by atoms with Crippen molar-refractivity contribution in [1.82, 2.24) is 0 Å². The summed E-state index contributed by atoms with van der Waals surface area (Å²) in [5.74, 6) is 0.628. The third kappa shape index (κ3) is 7.41. The van der Waals surface area contributed by atoms with E-state index in [1.807, 2.05) is 38.1 Å². The van der Waals surface area contributed by atoms with Crippen LogP contribution in [0.5, 0.6) is 5.75 Å². The summed E-state index contributed by atoms with van der Waals surface area (Å²) in [6.07, 6.45) is 0.185. The van der Waals surface area contributed by atoms with Crippen LogP contribution in [0.25, 0.3) is 0 Å². The van der Waals surface area contributed by atoms with Crippen LogP contribution in [0.4, 0.5) is 0 Å². The molecule has 1 aromatic rings. The Kier molecular flexibility index (Phi) is 8.84. The van der Waals surface area contributed by atoms with Crippen molar-refractivity contribution in [1.29, 1.82) is 0 Å². The van der Waals surface area contributed by atoms with Gasteiger partial charge >= 0.3 is 15.1 Å². The molecule has 0 aliphatic rings. The molecule has 0 saturated carbocycles. The molecule has 0 aromatic heterocycles. The lowest BCUT2D eigenvalue weighted by Crippen LogP contribution is -2.49. The summed E-state index contributed by atoms with van der Waals surface area (Å²) in [6.45, 7) is 11.5. The lowest BCUT2D eigenvalue weighted by atomic mass is 9.82. The molecular formula is C18H31BO6P. The Bertz CT molecular complexity index is 590. The maximum Gasteiger partial charge on any atom is 0.334 e. The van der Waals surface area contributed by atoms with Gasteiger partial charge < -0.3 is 23.5 Å². The number of benzene rings is 1. The third-order valence-electron chi connectivity index (χ3n) is 4.11. The van der Waals surface area contributed by atoms with Gasteiger partial charge in [0.15, 0.2) is 0 Å². The molecule has 1 aromatic carbocycles. The van der Waals surface area contributed by atoms with E-state index in [1.54, 1.807) is 35.2 Å². The Hall–Kier alpha value is -0.845. The van der Waals surface area contributed by atoms with Gasteiger partial charge in [-0.15, -0.1) is 0 Å². The lowest BCUT2D eigenvalue weighted by Gasteiger charge is -2.37. The Morgan fingerprint density at radius 1 is 1.12 bits per heavy atom. The van der Waals surface area contributed by atoms with Crippen LogP contribution in [0.3, 0.4) is 0 Å². The first-order valence-corrected chi connectivity index (χ1v) is 10.6. The average Bonchev–Trinajstić information content (AvgIpc) is 2.53.